The van der Waals surface area contributed by atoms with Gasteiger partial charge in [0.1, 0.15) is 0 Å². The molecule has 0 radical (unpaired) electrons. The average molecular weight is 204 g/mol. The second kappa shape index (κ2) is 6.30. The summed E-state index contributed by atoms with van der Waals surface area (Å²) in [6, 6.07) is 0. The van der Waals surface area contributed by atoms with Gasteiger partial charge in [-0.05, 0) is 5.92 Å². The highest BCUT2D eigenvalue weighted by atomic mass is 32.2. The number of hydrogen-bond acceptors (Lipinski definition) is 3. The van der Waals surface area contributed by atoms with Crippen LogP contribution in [0.3, 0.4) is 0 Å². The molecule has 0 aromatic heterocycles. The van der Waals surface area contributed by atoms with E-state index in [-0.39, 0.29) is 5.97 Å². The molecule has 78 valence electrons. The standard InChI is InChI=1S/C10H20O2S/c1-7(2)9(4)13-8(3)6-10(11)12-5/h7-9H,6H2,1-5H3. The van der Waals surface area contributed by atoms with Crippen molar-refractivity contribution < 1.29 is 9.53 Å². The Morgan fingerprint density at radius 1 is 1.31 bits per heavy atom. The molecule has 0 amide bonds. The summed E-state index contributed by atoms with van der Waals surface area (Å²) in [5.41, 5.74) is 0. The van der Waals surface area contributed by atoms with Gasteiger partial charge in [-0.2, -0.15) is 11.8 Å². The Kier molecular flexibility index (Phi) is 6.21. The second-order valence-electron chi connectivity index (χ2n) is 3.68. The van der Waals surface area contributed by atoms with E-state index in [0.717, 1.165) is 0 Å². The van der Waals surface area contributed by atoms with Gasteiger partial charge in [0.05, 0.1) is 13.5 Å². The van der Waals surface area contributed by atoms with Crippen LogP contribution in [-0.2, 0) is 9.53 Å². The lowest BCUT2D eigenvalue weighted by atomic mass is 10.2. The van der Waals surface area contributed by atoms with Crippen LogP contribution in [0.4, 0.5) is 0 Å². The van der Waals surface area contributed by atoms with E-state index in [1.807, 2.05) is 11.8 Å². The molecule has 3 heteroatoms. The first-order valence-electron chi connectivity index (χ1n) is 4.69. The molecule has 0 aliphatic heterocycles. The molecule has 0 N–H and O–H groups in total. The fraction of sp³-hybridized carbons (Fsp3) is 0.900. The molecule has 13 heavy (non-hydrogen) atoms. The molecule has 0 fully saturated rings. The molecule has 2 unspecified atom stereocenters. The Bertz CT molecular complexity index is 157. The van der Waals surface area contributed by atoms with E-state index in [2.05, 4.69) is 32.4 Å². The molecule has 0 saturated carbocycles. The van der Waals surface area contributed by atoms with Crippen LogP contribution >= 0.6 is 11.8 Å². The zero-order valence-corrected chi connectivity index (χ0v) is 9.98. The molecular weight excluding hydrogens is 184 g/mol. The summed E-state index contributed by atoms with van der Waals surface area (Å²) >= 11 is 1.85. The van der Waals surface area contributed by atoms with Crippen molar-refractivity contribution in [3.8, 4) is 0 Å². The lowest BCUT2D eigenvalue weighted by Gasteiger charge is -2.19. The molecule has 2 atom stereocenters. The summed E-state index contributed by atoms with van der Waals surface area (Å²) in [7, 11) is 1.44. The number of carbonyl (C=O) groups is 1. The number of methoxy groups -OCH3 is 1. The molecule has 0 aromatic rings. The van der Waals surface area contributed by atoms with Crippen molar-refractivity contribution >= 4 is 17.7 Å². The molecule has 0 saturated heterocycles. The van der Waals surface area contributed by atoms with Crippen LogP contribution in [0.2, 0.25) is 0 Å². The number of hydrogen-bond donors (Lipinski definition) is 0. The maximum Gasteiger partial charge on any atom is 0.306 e. The Morgan fingerprint density at radius 2 is 1.85 bits per heavy atom. The summed E-state index contributed by atoms with van der Waals surface area (Å²) in [5, 5.41) is 0.949. The van der Waals surface area contributed by atoms with Gasteiger partial charge < -0.3 is 4.74 Å². The van der Waals surface area contributed by atoms with Crippen LogP contribution in [0.1, 0.15) is 34.1 Å². The minimum Gasteiger partial charge on any atom is -0.469 e. The van der Waals surface area contributed by atoms with E-state index in [1.54, 1.807) is 0 Å². The largest absolute Gasteiger partial charge is 0.469 e. The average Bonchev–Trinajstić information content (AvgIpc) is 2.03. The fourth-order valence-electron chi connectivity index (χ4n) is 0.890. The van der Waals surface area contributed by atoms with Gasteiger partial charge in [0, 0.05) is 10.5 Å². The van der Waals surface area contributed by atoms with Crippen LogP contribution in [0, 0.1) is 5.92 Å². The monoisotopic (exact) mass is 204 g/mol. The zero-order chi connectivity index (χ0) is 10.4. The van der Waals surface area contributed by atoms with Crippen molar-refractivity contribution in [3.05, 3.63) is 0 Å². The topological polar surface area (TPSA) is 26.3 Å². The van der Waals surface area contributed by atoms with E-state index in [9.17, 15) is 4.79 Å². The summed E-state index contributed by atoms with van der Waals surface area (Å²) in [5.74, 6) is 0.543. The summed E-state index contributed by atoms with van der Waals surface area (Å²) in [4.78, 5) is 10.9. The highest BCUT2D eigenvalue weighted by Gasteiger charge is 2.15. The smallest absolute Gasteiger partial charge is 0.306 e. The van der Waals surface area contributed by atoms with Crippen LogP contribution in [-0.4, -0.2) is 23.6 Å². The lowest BCUT2D eigenvalue weighted by Crippen LogP contribution is -2.14. The third-order valence-corrected chi connectivity index (χ3v) is 3.67. The number of carbonyl (C=O) groups excluding carboxylic acids is 1. The summed E-state index contributed by atoms with van der Waals surface area (Å²) in [6.07, 6.45) is 0.512. The van der Waals surface area contributed by atoms with Crippen molar-refractivity contribution in [2.75, 3.05) is 7.11 Å². The van der Waals surface area contributed by atoms with Gasteiger partial charge in [0.25, 0.3) is 0 Å². The Hall–Kier alpha value is -0.180. The number of rotatable bonds is 5. The van der Waals surface area contributed by atoms with Crippen molar-refractivity contribution in [2.45, 2.75) is 44.6 Å². The van der Waals surface area contributed by atoms with E-state index < -0.39 is 0 Å². The highest BCUT2D eigenvalue weighted by molar-refractivity contribution is 8.00. The third-order valence-electron chi connectivity index (χ3n) is 2.07. The van der Waals surface area contributed by atoms with Crippen molar-refractivity contribution in [2.24, 2.45) is 5.92 Å². The minimum atomic E-state index is -0.115. The molecule has 0 bridgehead atoms. The van der Waals surface area contributed by atoms with Crippen molar-refractivity contribution in [1.29, 1.82) is 0 Å². The van der Waals surface area contributed by atoms with Gasteiger partial charge in [-0.15, -0.1) is 0 Å². The van der Waals surface area contributed by atoms with Gasteiger partial charge >= 0.3 is 5.97 Å². The Labute approximate surface area is 85.4 Å². The van der Waals surface area contributed by atoms with Gasteiger partial charge in [-0.3, -0.25) is 4.79 Å². The molecule has 0 rings (SSSR count). The number of esters is 1. The molecule has 0 heterocycles. The maximum absolute atomic E-state index is 10.9. The van der Waals surface area contributed by atoms with Gasteiger partial charge in [0.2, 0.25) is 0 Å². The lowest BCUT2D eigenvalue weighted by molar-refractivity contribution is -0.140. The Morgan fingerprint density at radius 3 is 2.23 bits per heavy atom. The maximum atomic E-state index is 10.9. The van der Waals surface area contributed by atoms with Gasteiger partial charge in [0.15, 0.2) is 0 Å². The SMILES string of the molecule is COC(=O)CC(C)SC(C)C(C)C. The predicted octanol–water partition coefficient (Wildman–Crippen LogP) is 2.72. The second-order valence-corrected chi connectivity index (χ2v) is 5.50. The molecule has 2 nitrogen and oxygen atoms in total. The quantitative estimate of drug-likeness (QED) is 0.644. The summed E-state index contributed by atoms with van der Waals surface area (Å²) in [6.45, 7) is 8.66. The predicted molar refractivity (Wildman–Crippen MR) is 58.0 cm³/mol. The first-order valence-corrected chi connectivity index (χ1v) is 5.64. The molecule has 0 spiro atoms. The van der Waals surface area contributed by atoms with E-state index in [4.69, 9.17) is 0 Å². The number of ether oxygens (including phenoxy) is 1. The van der Waals surface area contributed by atoms with Gasteiger partial charge in [-0.1, -0.05) is 27.7 Å². The number of thioether (sulfide) groups is 1. The van der Waals surface area contributed by atoms with E-state index in [0.29, 0.717) is 22.8 Å². The zero-order valence-electron chi connectivity index (χ0n) is 9.16. The normalized spacial score (nSPS) is 15.5. The van der Waals surface area contributed by atoms with Crippen molar-refractivity contribution in [3.63, 3.8) is 0 Å². The first-order chi connectivity index (χ1) is 5.97. The van der Waals surface area contributed by atoms with Crippen LogP contribution in [0.5, 0.6) is 0 Å². The molecule has 0 aliphatic rings. The van der Waals surface area contributed by atoms with Crippen molar-refractivity contribution in [1.82, 2.24) is 0 Å². The van der Waals surface area contributed by atoms with E-state index in [1.165, 1.54) is 7.11 Å². The van der Waals surface area contributed by atoms with Gasteiger partial charge in [-0.25, -0.2) is 0 Å². The van der Waals surface area contributed by atoms with Crippen LogP contribution in [0.15, 0.2) is 0 Å². The minimum absolute atomic E-state index is 0.115. The van der Waals surface area contributed by atoms with Crippen LogP contribution < -0.4 is 0 Å². The molecule has 0 aliphatic carbocycles. The molecular formula is C10H20O2S. The highest BCUT2D eigenvalue weighted by Crippen LogP contribution is 2.25. The Balaban J connectivity index is 3.73. The van der Waals surface area contributed by atoms with Crippen LogP contribution in [0.25, 0.3) is 0 Å². The fourth-order valence-corrected chi connectivity index (χ4v) is 2.17. The van der Waals surface area contributed by atoms with E-state index >= 15 is 0 Å². The first kappa shape index (κ1) is 12.8. The third kappa shape index (κ3) is 5.97. The summed E-state index contributed by atoms with van der Waals surface area (Å²) < 4.78 is 4.61. The molecule has 0 aromatic carbocycles.